The van der Waals surface area contributed by atoms with Crippen molar-refractivity contribution in [1.29, 1.82) is 5.26 Å². The van der Waals surface area contributed by atoms with Crippen molar-refractivity contribution in [3.8, 4) is 40.7 Å². The first-order chi connectivity index (χ1) is 37.3. The molecule has 0 saturated carbocycles. The fourth-order valence-electron chi connectivity index (χ4n) is 11.6. The van der Waals surface area contributed by atoms with Crippen molar-refractivity contribution < 1.29 is 24.5 Å². The SMILES string of the molecule is C=CC(=O)N1CCN(c2nc(OC[C@@H]3CC[C@H](CN4CCN(Cc5ccc(-n6c(C(=O)NCC)nnc6-c6cc(C(C)C)c(O)cc6O)cc5)CC4)N3C)nc3c2CCN(c2cccc4cccc(Cl)c24)C3)C[C@@H]1CC#N. The summed E-state index contributed by atoms with van der Waals surface area (Å²) in [4.78, 5) is 50.1. The lowest BCUT2D eigenvalue weighted by molar-refractivity contribution is -0.128. The van der Waals surface area contributed by atoms with Gasteiger partial charge in [-0.1, -0.05) is 68.4 Å². The Bertz CT molecular complexity index is 3180. The van der Waals surface area contributed by atoms with Gasteiger partial charge in [-0.25, -0.2) is 0 Å². The number of amides is 2. The standard InChI is InChI=1S/C58H68ClN13O5/c1-6-52(75)71-29-28-70(34-42(71)20-22-60)54-44-21-23-69(49-13-9-11-39-10-8-12-47(59)53(39)49)35-48(44)62-58(63-54)77-36-43-19-18-41(66(43)5)33-68-26-24-67(25-27-68)32-38-14-16-40(17-15-38)72-55(64-65-56(72)57(76)61-7-2)46-30-45(37(3)4)50(73)31-51(46)74/h6,8-17,30-31,37,41-43,73-74H,1,7,18-21,23-29,32-36H2,2-5H3,(H,61,76)/t41-,42+,43+/m1/s1. The molecule has 19 heteroatoms. The van der Waals surface area contributed by atoms with Gasteiger partial charge in [0.15, 0.2) is 5.82 Å². The van der Waals surface area contributed by atoms with Crippen LogP contribution in [0.2, 0.25) is 5.02 Å². The third kappa shape index (κ3) is 11.1. The zero-order valence-corrected chi connectivity index (χ0v) is 45.2. The Balaban J connectivity index is 0.780. The van der Waals surface area contributed by atoms with Crippen LogP contribution in [0.5, 0.6) is 17.5 Å². The number of nitrogens with zero attached hydrogens (tertiary/aromatic N) is 12. The third-order valence-electron chi connectivity index (χ3n) is 15.9. The van der Waals surface area contributed by atoms with Crippen molar-refractivity contribution >= 4 is 45.7 Å². The summed E-state index contributed by atoms with van der Waals surface area (Å²) in [7, 11) is 2.20. The first-order valence-electron chi connectivity index (χ1n) is 26.9. The van der Waals surface area contributed by atoms with Crippen LogP contribution in [0.3, 0.4) is 0 Å². The fourth-order valence-corrected chi connectivity index (χ4v) is 11.9. The molecule has 4 aliphatic heterocycles. The number of rotatable bonds is 16. The Morgan fingerprint density at radius 2 is 1.66 bits per heavy atom. The number of ether oxygens (including phenoxy) is 1. The van der Waals surface area contributed by atoms with E-state index in [1.807, 2.05) is 45.0 Å². The summed E-state index contributed by atoms with van der Waals surface area (Å²) in [6, 6.07) is 26.2. The van der Waals surface area contributed by atoms with E-state index < -0.39 is 0 Å². The number of aromatic nitrogens is 5. The van der Waals surface area contributed by atoms with E-state index in [1.165, 1.54) is 12.1 Å². The minimum Gasteiger partial charge on any atom is -0.508 e. The monoisotopic (exact) mass is 1060 g/mol. The highest BCUT2D eigenvalue weighted by Gasteiger charge is 2.36. The summed E-state index contributed by atoms with van der Waals surface area (Å²) >= 11 is 6.83. The van der Waals surface area contributed by atoms with Gasteiger partial charge in [-0.3, -0.25) is 28.9 Å². The van der Waals surface area contributed by atoms with E-state index in [0.717, 1.165) is 97.8 Å². The van der Waals surface area contributed by atoms with Crippen molar-refractivity contribution in [1.82, 2.24) is 49.6 Å². The highest BCUT2D eigenvalue weighted by atomic mass is 35.5. The molecule has 0 radical (unpaired) electrons. The average Bonchev–Trinajstić information content (AvgIpc) is 4.04. The summed E-state index contributed by atoms with van der Waals surface area (Å²) in [6.45, 7) is 18.6. The maximum Gasteiger partial charge on any atom is 0.318 e. The number of aromatic hydroxyl groups is 2. The summed E-state index contributed by atoms with van der Waals surface area (Å²) in [5.41, 5.74) is 5.86. The number of nitrogens with one attached hydrogen (secondary N) is 1. The molecule has 0 unspecified atom stereocenters. The van der Waals surface area contributed by atoms with E-state index in [-0.39, 0.29) is 53.6 Å². The Labute approximate surface area is 455 Å². The van der Waals surface area contributed by atoms with Gasteiger partial charge < -0.3 is 35.0 Å². The van der Waals surface area contributed by atoms with Gasteiger partial charge in [0.2, 0.25) is 11.7 Å². The predicted molar refractivity (Wildman–Crippen MR) is 298 cm³/mol. The van der Waals surface area contributed by atoms with Crippen LogP contribution in [0.1, 0.15) is 79.0 Å². The van der Waals surface area contributed by atoms with Crippen LogP contribution in [0, 0.1) is 11.3 Å². The molecule has 4 aromatic carbocycles. The second-order valence-electron chi connectivity index (χ2n) is 21.0. The maximum atomic E-state index is 13.2. The zero-order valence-electron chi connectivity index (χ0n) is 44.4. The van der Waals surface area contributed by atoms with Crippen molar-refractivity contribution in [2.24, 2.45) is 0 Å². The number of fused-ring (bicyclic) bond motifs is 2. The minimum absolute atomic E-state index is 0.00545. The van der Waals surface area contributed by atoms with Crippen molar-refractivity contribution in [2.75, 3.05) is 88.9 Å². The number of piperazine rings is 2. The molecule has 3 N–H and O–H groups in total. The molecule has 18 nitrogen and oxygen atoms in total. The van der Waals surface area contributed by atoms with Crippen molar-refractivity contribution in [3.05, 3.63) is 119 Å². The lowest BCUT2D eigenvalue weighted by Gasteiger charge is -2.42. The highest BCUT2D eigenvalue weighted by Crippen LogP contribution is 2.40. The molecule has 3 saturated heterocycles. The number of phenols is 2. The van der Waals surface area contributed by atoms with Gasteiger partial charge in [0.05, 0.1) is 41.4 Å². The molecule has 402 valence electrons. The number of phenolic OH excluding ortho intramolecular Hbond substituents is 2. The fraction of sp³-hybridized carbons (Fsp3) is 0.431. The topological polar surface area (TPSA) is 196 Å². The molecule has 6 aromatic rings. The van der Waals surface area contributed by atoms with Crippen LogP contribution >= 0.6 is 11.6 Å². The van der Waals surface area contributed by atoms with Gasteiger partial charge in [0.1, 0.15) is 23.9 Å². The molecule has 2 aromatic heterocycles. The van der Waals surface area contributed by atoms with Crippen LogP contribution in [0.15, 0.2) is 85.5 Å². The predicted octanol–water partition coefficient (Wildman–Crippen LogP) is 7.15. The molecular weight excluding hydrogens is 994 g/mol. The smallest absolute Gasteiger partial charge is 0.318 e. The molecule has 77 heavy (non-hydrogen) atoms. The minimum atomic E-state index is -0.381. The van der Waals surface area contributed by atoms with Crippen LogP contribution in [0.25, 0.3) is 27.8 Å². The molecule has 6 heterocycles. The van der Waals surface area contributed by atoms with Crippen LogP contribution < -0.4 is 19.9 Å². The number of hydrogen-bond donors (Lipinski definition) is 3. The van der Waals surface area contributed by atoms with Gasteiger partial charge in [0.25, 0.3) is 5.91 Å². The van der Waals surface area contributed by atoms with Gasteiger partial charge in [-0.15, -0.1) is 10.2 Å². The largest absolute Gasteiger partial charge is 0.508 e. The first-order valence-corrected chi connectivity index (χ1v) is 27.3. The Kier molecular flexibility index (Phi) is 15.9. The van der Waals surface area contributed by atoms with Crippen LogP contribution in [-0.2, 0) is 24.3 Å². The second-order valence-corrected chi connectivity index (χ2v) is 21.4. The average molecular weight is 1060 g/mol. The number of anilines is 2. The summed E-state index contributed by atoms with van der Waals surface area (Å²) in [6.07, 6.45) is 4.29. The Morgan fingerprint density at radius 3 is 2.40 bits per heavy atom. The van der Waals surface area contributed by atoms with E-state index in [0.29, 0.717) is 85.5 Å². The van der Waals surface area contributed by atoms with Crippen LogP contribution in [0.4, 0.5) is 11.5 Å². The van der Waals surface area contributed by atoms with Gasteiger partial charge >= 0.3 is 6.01 Å². The zero-order chi connectivity index (χ0) is 53.9. The quantitative estimate of drug-likeness (QED) is 0.0826. The van der Waals surface area contributed by atoms with Gasteiger partial charge in [-0.05, 0) is 92.1 Å². The third-order valence-corrected chi connectivity index (χ3v) is 16.2. The molecule has 0 aliphatic carbocycles. The number of carbonyl (C=O) groups excluding carboxylic acids is 2. The number of carbonyl (C=O) groups is 2. The summed E-state index contributed by atoms with van der Waals surface area (Å²) in [5.74, 6) is 0.480. The lowest BCUT2D eigenvalue weighted by atomic mass is 9.98. The normalized spacial score (nSPS) is 19.4. The molecule has 3 atom stereocenters. The molecule has 2 amide bonds. The van der Waals surface area contributed by atoms with Gasteiger partial charge in [-0.2, -0.15) is 15.2 Å². The van der Waals surface area contributed by atoms with E-state index in [4.69, 9.17) is 26.3 Å². The van der Waals surface area contributed by atoms with Crippen molar-refractivity contribution in [2.45, 2.75) is 83.6 Å². The second kappa shape index (κ2) is 23.1. The molecular formula is C58H68ClN13O5. The van der Waals surface area contributed by atoms with E-state index >= 15 is 0 Å². The first kappa shape index (κ1) is 53.1. The summed E-state index contributed by atoms with van der Waals surface area (Å²) in [5, 5.41) is 45.5. The molecule has 4 aliphatic rings. The molecule has 10 rings (SSSR count). The van der Waals surface area contributed by atoms with Crippen molar-refractivity contribution in [3.63, 3.8) is 0 Å². The number of hydrogen-bond acceptors (Lipinski definition) is 15. The maximum absolute atomic E-state index is 13.2. The Hall–Kier alpha value is -7.30. The summed E-state index contributed by atoms with van der Waals surface area (Å²) < 4.78 is 8.28. The van der Waals surface area contributed by atoms with E-state index in [9.17, 15) is 25.1 Å². The Morgan fingerprint density at radius 1 is 0.909 bits per heavy atom. The molecule has 3 fully saturated rings. The number of nitriles is 1. The number of likely N-dealkylation sites (N-methyl/N-ethyl adjacent to an activating group) is 1. The number of halogens is 1. The number of benzene rings is 4. The van der Waals surface area contributed by atoms with Gasteiger partial charge in [0, 0.05) is 112 Å². The van der Waals surface area contributed by atoms with Crippen LogP contribution in [-0.4, -0.2) is 164 Å². The number of likely N-dealkylation sites (tertiary alicyclic amines) is 1. The lowest BCUT2D eigenvalue weighted by Crippen LogP contribution is -2.55. The highest BCUT2D eigenvalue weighted by molar-refractivity contribution is 6.36. The van der Waals surface area contributed by atoms with E-state index in [1.54, 1.807) is 15.5 Å². The molecule has 0 spiro atoms. The van der Waals surface area contributed by atoms with E-state index in [2.05, 4.69) is 96.1 Å². The molecule has 0 bridgehead atoms.